The molecule has 3 heterocycles. The Balaban J connectivity index is 1.61. The largest absolute Gasteiger partial charge is 0.500 e. The fourth-order valence-corrected chi connectivity index (χ4v) is 4.38. The zero-order valence-corrected chi connectivity index (χ0v) is 23.2. The maximum atomic E-state index is 13.0. The molecule has 4 rings (SSSR count). The second-order valence-electron chi connectivity index (χ2n) is 10.4. The molecule has 0 atom stereocenters. The molecule has 1 aliphatic heterocycles. The number of amidine groups is 1. The number of hydrogen-bond donors (Lipinski definition) is 3. The van der Waals surface area contributed by atoms with Crippen LogP contribution in [0.25, 0.3) is 11.0 Å². The summed E-state index contributed by atoms with van der Waals surface area (Å²) in [5, 5.41) is 14.1. The Hall–Kier alpha value is -4.28. The molecule has 0 aliphatic carbocycles. The summed E-state index contributed by atoms with van der Waals surface area (Å²) in [4.78, 5) is 33.3. The average Bonchev–Trinajstić information content (AvgIpc) is 3.21. The Kier molecular flexibility index (Phi) is 8.58. The van der Waals surface area contributed by atoms with Crippen LogP contribution in [-0.4, -0.2) is 59.0 Å². The summed E-state index contributed by atoms with van der Waals surface area (Å²) in [6.07, 6.45) is 9.31. The molecule has 0 spiro atoms. The molecule has 2 aromatic heterocycles. The van der Waals surface area contributed by atoms with Crippen molar-refractivity contribution in [2.75, 3.05) is 37.5 Å². The number of hydrogen-bond acceptors (Lipinski definition) is 10. The number of nitrogens with one attached hydrogen (secondary N) is 3. The number of rotatable bonds is 7. The van der Waals surface area contributed by atoms with Crippen LogP contribution in [0.1, 0.15) is 56.8 Å². The summed E-state index contributed by atoms with van der Waals surface area (Å²) in [5.74, 6) is 1.72. The third-order valence-corrected chi connectivity index (χ3v) is 6.45. The minimum Gasteiger partial charge on any atom is -0.500 e. The number of methoxy groups -OCH3 is 2. The zero-order valence-electron chi connectivity index (χ0n) is 23.2. The Morgan fingerprint density at radius 3 is 2.49 bits per heavy atom. The lowest BCUT2D eigenvalue weighted by Gasteiger charge is -2.21. The summed E-state index contributed by atoms with van der Waals surface area (Å²) in [7, 11) is 3.10. The van der Waals surface area contributed by atoms with Gasteiger partial charge in [-0.15, -0.1) is 0 Å². The van der Waals surface area contributed by atoms with Gasteiger partial charge in [-0.05, 0) is 31.0 Å². The van der Waals surface area contributed by atoms with Crippen LogP contribution in [0.2, 0.25) is 0 Å². The van der Waals surface area contributed by atoms with E-state index in [0.29, 0.717) is 45.6 Å². The molecule has 3 N–H and O–H groups in total. The van der Waals surface area contributed by atoms with Crippen LogP contribution in [0.15, 0.2) is 42.6 Å². The van der Waals surface area contributed by atoms with Crippen molar-refractivity contribution >= 4 is 40.2 Å². The summed E-state index contributed by atoms with van der Waals surface area (Å²) < 4.78 is 10.9. The summed E-state index contributed by atoms with van der Waals surface area (Å²) in [6.45, 7) is 7.74. The van der Waals surface area contributed by atoms with E-state index in [1.807, 2.05) is 20.8 Å². The molecule has 1 amide bonds. The van der Waals surface area contributed by atoms with Gasteiger partial charge in [0, 0.05) is 30.1 Å². The number of fused-ring (bicyclic) bond motifs is 1. The van der Waals surface area contributed by atoms with Gasteiger partial charge in [-0.1, -0.05) is 33.6 Å². The van der Waals surface area contributed by atoms with Crippen molar-refractivity contribution in [1.29, 1.82) is 5.41 Å². The SMILES string of the molecule is CO/C(=C\C(=N)NC(=O)c1ccc(OC)c(Nc2ncnc3cnc(N4CCCCCC4)nc23)c1)C(C)(C)C. The molecule has 0 bridgehead atoms. The number of benzene rings is 1. The Morgan fingerprint density at radius 1 is 1.08 bits per heavy atom. The van der Waals surface area contributed by atoms with E-state index in [4.69, 9.17) is 19.9 Å². The summed E-state index contributed by atoms with van der Waals surface area (Å²) in [6, 6.07) is 4.97. The highest BCUT2D eigenvalue weighted by atomic mass is 16.5. The molecule has 11 nitrogen and oxygen atoms in total. The van der Waals surface area contributed by atoms with Gasteiger partial charge in [0.1, 0.15) is 34.7 Å². The van der Waals surface area contributed by atoms with Crippen LogP contribution >= 0.6 is 0 Å². The molecular weight excluding hydrogens is 496 g/mol. The number of allylic oxidation sites excluding steroid dienone is 1. The predicted molar refractivity (Wildman–Crippen MR) is 152 cm³/mol. The molecular formula is C28H36N8O3. The number of ether oxygens (including phenoxy) is 2. The molecule has 206 valence electrons. The first-order valence-electron chi connectivity index (χ1n) is 13.0. The number of carbonyl (C=O) groups is 1. The van der Waals surface area contributed by atoms with Crippen LogP contribution < -0.4 is 20.3 Å². The van der Waals surface area contributed by atoms with Gasteiger partial charge in [0.05, 0.1) is 26.1 Å². The molecule has 1 fully saturated rings. The molecule has 1 aliphatic rings. The molecule has 3 aromatic rings. The van der Waals surface area contributed by atoms with Gasteiger partial charge < -0.3 is 25.0 Å². The fraction of sp³-hybridized carbons (Fsp3) is 0.429. The van der Waals surface area contributed by atoms with E-state index >= 15 is 0 Å². The predicted octanol–water partition coefficient (Wildman–Crippen LogP) is 4.84. The highest BCUT2D eigenvalue weighted by molar-refractivity contribution is 6.09. The van der Waals surface area contributed by atoms with Crippen LogP contribution in [0.5, 0.6) is 5.75 Å². The van der Waals surface area contributed by atoms with Crippen LogP contribution in [-0.2, 0) is 4.74 Å². The number of aromatic nitrogens is 4. The number of carbonyl (C=O) groups excluding carboxylic acids is 1. The van der Waals surface area contributed by atoms with Crippen molar-refractivity contribution in [2.24, 2.45) is 5.41 Å². The van der Waals surface area contributed by atoms with Crippen molar-refractivity contribution in [2.45, 2.75) is 46.5 Å². The van der Waals surface area contributed by atoms with Gasteiger partial charge in [0.25, 0.3) is 5.91 Å². The Bertz CT molecular complexity index is 1370. The van der Waals surface area contributed by atoms with E-state index in [0.717, 1.165) is 25.9 Å². The Morgan fingerprint density at radius 2 is 1.82 bits per heavy atom. The van der Waals surface area contributed by atoms with E-state index in [9.17, 15) is 4.79 Å². The van der Waals surface area contributed by atoms with E-state index < -0.39 is 5.91 Å². The molecule has 0 saturated carbocycles. The van der Waals surface area contributed by atoms with Gasteiger partial charge in [-0.2, -0.15) is 0 Å². The van der Waals surface area contributed by atoms with Gasteiger partial charge in [0.2, 0.25) is 5.95 Å². The summed E-state index contributed by atoms with van der Waals surface area (Å²) in [5.41, 5.74) is 1.73. The molecule has 1 saturated heterocycles. The lowest BCUT2D eigenvalue weighted by atomic mass is 9.93. The van der Waals surface area contributed by atoms with Crippen LogP contribution in [0.4, 0.5) is 17.5 Å². The maximum Gasteiger partial charge on any atom is 0.256 e. The van der Waals surface area contributed by atoms with Crippen LogP contribution in [0.3, 0.4) is 0 Å². The first-order chi connectivity index (χ1) is 18.7. The highest BCUT2D eigenvalue weighted by Gasteiger charge is 2.20. The number of anilines is 3. The second kappa shape index (κ2) is 12.1. The second-order valence-corrected chi connectivity index (χ2v) is 10.4. The fourth-order valence-electron chi connectivity index (χ4n) is 4.38. The van der Waals surface area contributed by atoms with E-state index in [1.165, 1.54) is 25.2 Å². The monoisotopic (exact) mass is 532 g/mol. The van der Waals surface area contributed by atoms with E-state index in [2.05, 4.69) is 30.5 Å². The minimum atomic E-state index is -0.440. The van der Waals surface area contributed by atoms with Crippen LogP contribution in [0, 0.1) is 10.8 Å². The quantitative estimate of drug-likeness (QED) is 0.222. The molecule has 1 aromatic carbocycles. The highest BCUT2D eigenvalue weighted by Crippen LogP contribution is 2.31. The topological polar surface area (TPSA) is 138 Å². The van der Waals surface area contributed by atoms with Gasteiger partial charge in [-0.25, -0.2) is 19.9 Å². The van der Waals surface area contributed by atoms with Gasteiger partial charge in [0.15, 0.2) is 5.82 Å². The first kappa shape index (κ1) is 27.7. The molecule has 0 radical (unpaired) electrons. The van der Waals surface area contributed by atoms with Crippen molar-refractivity contribution in [3.8, 4) is 5.75 Å². The number of amides is 1. The zero-order chi connectivity index (χ0) is 28.0. The number of nitrogens with zero attached hydrogens (tertiary/aromatic N) is 5. The average molecular weight is 533 g/mol. The minimum absolute atomic E-state index is 0.0726. The van der Waals surface area contributed by atoms with Gasteiger partial charge >= 0.3 is 0 Å². The van der Waals surface area contributed by atoms with Gasteiger partial charge in [-0.3, -0.25) is 10.2 Å². The molecule has 11 heteroatoms. The summed E-state index contributed by atoms with van der Waals surface area (Å²) >= 11 is 0. The maximum absolute atomic E-state index is 13.0. The van der Waals surface area contributed by atoms with E-state index in [-0.39, 0.29) is 11.3 Å². The van der Waals surface area contributed by atoms with E-state index in [1.54, 1.807) is 38.6 Å². The normalized spacial score (nSPS) is 14.5. The molecule has 39 heavy (non-hydrogen) atoms. The third kappa shape index (κ3) is 6.78. The Labute approximate surface area is 228 Å². The first-order valence-corrected chi connectivity index (χ1v) is 13.0. The standard InChI is InChI=1S/C28H36N8O3/c1-28(2,3)22(39-5)15-23(29)34-26(37)18-10-11-21(38-4)19(14-18)33-25-24-20(31-17-32-25)16-30-27(35-24)36-12-8-6-7-9-13-36/h10-11,14-17H,6-9,12-13H2,1-5H3,(H2,29,34,37)(H,31,32,33)/b22-15-. The van der Waals surface area contributed by atoms with Crippen molar-refractivity contribution < 1.29 is 14.3 Å². The van der Waals surface area contributed by atoms with Crippen molar-refractivity contribution in [3.63, 3.8) is 0 Å². The van der Waals surface area contributed by atoms with Crippen molar-refractivity contribution in [3.05, 3.63) is 48.1 Å². The smallest absolute Gasteiger partial charge is 0.256 e. The van der Waals surface area contributed by atoms with Crippen molar-refractivity contribution in [1.82, 2.24) is 25.3 Å². The lowest BCUT2D eigenvalue weighted by Crippen LogP contribution is -2.29. The molecule has 0 unspecified atom stereocenters. The third-order valence-electron chi connectivity index (χ3n) is 6.45. The lowest BCUT2D eigenvalue weighted by molar-refractivity contribution is 0.0977.